The zero-order chi connectivity index (χ0) is 22.0. The van der Waals surface area contributed by atoms with Crippen LogP contribution in [0.25, 0.3) is 0 Å². The number of thiazole rings is 1. The first-order chi connectivity index (χ1) is 14.8. The van der Waals surface area contributed by atoms with Gasteiger partial charge < -0.3 is 4.74 Å². The summed E-state index contributed by atoms with van der Waals surface area (Å²) in [6.07, 6.45) is 3.11. The van der Waals surface area contributed by atoms with Crippen molar-refractivity contribution in [2.75, 3.05) is 23.3 Å². The van der Waals surface area contributed by atoms with Crippen LogP contribution in [-0.2, 0) is 27.7 Å². The van der Waals surface area contributed by atoms with Crippen LogP contribution in [0.4, 0.5) is 10.8 Å². The maximum absolute atomic E-state index is 12.6. The number of benzene rings is 1. The minimum absolute atomic E-state index is 0.149. The van der Waals surface area contributed by atoms with Crippen LogP contribution in [0, 0.1) is 5.92 Å². The maximum Gasteiger partial charge on any atom is 0.273 e. The largest absolute Gasteiger partial charge is 0.484 e. The van der Waals surface area contributed by atoms with E-state index in [2.05, 4.69) is 17.2 Å². The summed E-state index contributed by atoms with van der Waals surface area (Å²) in [5.74, 6) is 0.857. The van der Waals surface area contributed by atoms with E-state index >= 15 is 0 Å². The van der Waals surface area contributed by atoms with E-state index in [1.54, 1.807) is 41.8 Å². The molecule has 1 aromatic carbocycles. The number of hydrogen-bond donors (Lipinski definition) is 1. The third-order valence-electron chi connectivity index (χ3n) is 5.11. The second-order valence-corrected chi connectivity index (χ2v) is 11.7. The number of carbonyl (C=O) groups is 1. The molecule has 31 heavy (non-hydrogen) atoms. The van der Waals surface area contributed by atoms with Gasteiger partial charge in [0.15, 0.2) is 11.7 Å². The number of amides is 1. The van der Waals surface area contributed by atoms with Gasteiger partial charge in [-0.3, -0.25) is 14.4 Å². The van der Waals surface area contributed by atoms with Crippen LogP contribution < -0.4 is 14.4 Å². The highest BCUT2D eigenvalue weighted by Gasteiger charge is 2.22. The third kappa shape index (κ3) is 4.91. The maximum atomic E-state index is 12.6. The number of nitrogens with zero attached hydrogens (tertiary/aromatic N) is 2. The van der Waals surface area contributed by atoms with Gasteiger partial charge in [0.1, 0.15) is 9.96 Å². The lowest BCUT2D eigenvalue weighted by Gasteiger charge is -2.18. The Hall–Kier alpha value is -2.43. The fraction of sp³-hybridized carbons (Fsp3) is 0.333. The molecule has 1 unspecified atom stereocenters. The van der Waals surface area contributed by atoms with E-state index in [0.717, 1.165) is 25.0 Å². The molecule has 0 radical (unpaired) electrons. The zero-order valence-corrected chi connectivity index (χ0v) is 19.6. The molecule has 1 aliphatic rings. The van der Waals surface area contributed by atoms with Gasteiger partial charge in [0.25, 0.3) is 15.9 Å². The molecule has 0 bridgehead atoms. The monoisotopic (exact) mass is 477 g/mol. The quantitative estimate of drug-likeness (QED) is 0.552. The zero-order valence-electron chi connectivity index (χ0n) is 17.2. The van der Waals surface area contributed by atoms with Crippen LogP contribution in [0.15, 0.2) is 46.0 Å². The van der Waals surface area contributed by atoms with Crippen molar-refractivity contribution < 1.29 is 17.9 Å². The van der Waals surface area contributed by atoms with Crippen molar-refractivity contribution in [2.45, 2.75) is 30.4 Å². The number of aromatic nitrogens is 1. The van der Waals surface area contributed by atoms with Crippen molar-refractivity contribution in [1.29, 1.82) is 0 Å². The average molecular weight is 478 g/mol. The number of thiophene rings is 1. The first kappa shape index (κ1) is 21.8. The Morgan fingerprint density at radius 3 is 2.77 bits per heavy atom. The van der Waals surface area contributed by atoms with E-state index in [4.69, 9.17) is 4.74 Å². The van der Waals surface area contributed by atoms with E-state index < -0.39 is 10.0 Å². The predicted molar refractivity (Wildman–Crippen MR) is 124 cm³/mol. The van der Waals surface area contributed by atoms with Crippen LogP contribution in [0.2, 0.25) is 0 Å². The van der Waals surface area contributed by atoms with Crippen LogP contribution in [-0.4, -0.2) is 33.0 Å². The van der Waals surface area contributed by atoms with Gasteiger partial charge in [0.05, 0.1) is 11.4 Å². The van der Waals surface area contributed by atoms with Gasteiger partial charge >= 0.3 is 0 Å². The van der Waals surface area contributed by atoms with E-state index in [-0.39, 0.29) is 16.7 Å². The Morgan fingerprint density at radius 1 is 1.29 bits per heavy atom. The van der Waals surface area contributed by atoms with Crippen LogP contribution in [0.3, 0.4) is 0 Å². The summed E-state index contributed by atoms with van der Waals surface area (Å²) in [4.78, 5) is 18.0. The summed E-state index contributed by atoms with van der Waals surface area (Å²) >= 11 is 2.71. The lowest BCUT2D eigenvalue weighted by atomic mass is 9.93. The van der Waals surface area contributed by atoms with E-state index in [0.29, 0.717) is 22.5 Å². The van der Waals surface area contributed by atoms with Gasteiger partial charge in [-0.15, -0.1) is 22.7 Å². The Labute approximate surface area is 189 Å². The Kier molecular flexibility index (Phi) is 6.31. The highest BCUT2D eigenvalue weighted by Crippen LogP contribution is 2.32. The topological polar surface area (TPSA) is 88.6 Å². The molecule has 4 rings (SSSR count). The van der Waals surface area contributed by atoms with Crippen molar-refractivity contribution in [3.63, 3.8) is 0 Å². The molecule has 0 saturated heterocycles. The predicted octanol–water partition coefficient (Wildman–Crippen LogP) is 4.17. The fourth-order valence-electron chi connectivity index (χ4n) is 3.33. The molecule has 3 aromatic rings. The molecule has 0 spiro atoms. The van der Waals surface area contributed by atoms with Crippen molar-refractivity contribution in [3.05, 3.63) is 52.3 Å². The number of fused-ring (bicyclic) bond motifs is 1. The van der Waals surface area contributed by atoms with E-state index in [1.807, 2.05) is 0 Å². The summed E-state index contributed by atoms with van der Waals surface area (Å²) in [7, 11) is -2.08. The first-order valence-corrected chi connectivity index (χ1v) is 13.0. The molecular formula is C21H23N3O4S3. The van der Waals surface area contributed by atoms with Crippen molar-refractivity contribution in [2.24, 2.45) is 5.92 Å². The summed E-state index contributed by atoms with van der Waals surface area (Å²) < 4.78 is 32.3. The first-order valence-electron chi connectivity index (χ1n) is 9.86. The van der Waals surface area contributed by atoms with Crippen LogP contribution >= 0.6 is 22.7 Å². The standard InChI is InChI=1S/C21H23N3O4S3/c1-14-5-10-17-18(12-14)30-21(22-17)23-19(25)13-28-16-8-6-15(7-9-16)24(2)31(26,27)20-4-3-11-29-20/h3-4,6-9,11,14H,5,10,12-13H2,1-2H3,(H,22,23,25). The van der Waals surface area contributed by atoms with Gasteiger partial charge in [-0.1, -0.05) is 13.0 Å². The van der Waals surface area contributed by atoms with Crippen molar-refractivity contribution >= 4 is 49.4 Å². The SMILES string of the molecule is CC1CCc2nc(NC(=O)COc3ccc(N(C)S(=O)(=O)c4cccs4)cc3)sc2C1. The number of rotatable bonds is 7. The molecule has 0 saturated carbocycles. The molecule has 0 fully saturated rings. The van der Waals surface area contributed by atoms with Gasteiger partial charge in [-0.05, 0) is 60.9 Å². The fourth-order valence-corrected chi connectivity index (χ4v) is 6.88. The molecule has 1 N–H and O–H groups in total. The summed E-state index contributed by atoms with van der Waals surface area (Å²) in [5.41, 5.74) is 1.60. The highest BCUT2D eigenvalue weighted by molar-refractivity contribution is 7.94. The van der Waals surface area contributed by atoms with Gasteiger partial charge in [-0.25, -0.2) is 13.4 Å². The van der Waals surface area contributed by atoms with E-state index in [1.165, 1.54) is 38.9 Å². The molecular weight excluding hydrogens is 454 g/mol. The van der Waals surface area contributed by atoms with Crippen LogP contribution in [0.5, 0.6) is 5.75 Å². The average Bonchev–Trinajstić information content (AvgIpc) is 3.42. The second kappa shape index (κ2) is 8.97. The number of anilines is 2. The van der Waals surface area contributed by atoms with Gasteiger partial charge in [-0.2, -0.15) is 0 Å². The third-order valence-corrected chi connectivity index (χ3v) is 9.31. The van der Waals surface area contributed by atoms with Gasteiger partial charge in [0, 0.05) is 11.9 Å². The number of aryl methyl sites for hydroxylation is 1. The normalized spacial score (nSPS) is 15.9. The summed E-state index contributed by atoms with van der Waals surface area (Å²) in [6.45, 7) is 2.08. The molecule has 2 heterocycles. The number of hydrogen-bond acceptors (Lipinski definition) is 7. The molecule has 164 valence electrons. The highest BCUT2D eigenvalue weighted by atomic mass is 32.2. The molecule has 1 atom stereocenters. The number of ether oxygens (including phenoxy) is 1. The van der Waals surface area contributed by atoms with Crippen LogP contribution in [0.1, 0.15) is 23.9 Å². The molecule has 1 amide bonds. The Morgan fingerprint density at radius 2 is 2.06 bits per heavy atom. The number of sulfonamides is 1. The summed E-state index contributed by atoms with van der Waals surface area (Å²) in [5, 5.41) is 5.15. The van der Waals surface area contributed by atoms with Gasteiger partial charge in [0.2, 0.25) is 0 Å². The lowest BCUT2D eigenvalue weighted by Crippen LogP contribution is -2.25. The number of nitrogens with one attached hydrogen (secondary N) is 1. The second-order valence-electron chi connectivity index (χ2n) is 7.47. The summed E-state index contributed by atoms with van der Waals surface area (Å²) in [6, 6.07) is 9.86. The van der Waals surface area contributed by atoms with Crippen molar-refractivity contribution in [3.8, 4) is 5.75 Å². The van der Waals surface area contributed by atoms with Crippen molar-refractivity contribution in [1.82, 2.24) is 4.98 Å². The molecule has 1 aliphatic carbocycles. The molecule has 10 heteroatoms. The molecule has 2 aromatic heterocycles. The number of carbonyl (C=O) groups excluding carboxylic acids is 1. The van der Waals surface area contributed by atoms with E-state index in [9.17, 15) is 13.2 Å². The minimum Gasteiger partial charge on any atom is -0.484 e. The Bertz CT molecular complexity index is 1160. The molecule has 7 nitrogen and oxygen atoms in total. The smallest absolute Gasteiger partial charge is 0.273 e. The Balaban J connectivity index is 1.33. The minimum atomic E-state index is -3.59. The lowest BCUT2D eigenvalue weighted by molar-refractivity contribution is -0.118. The molecule has 0 aliphatic heterocycles.